The Morgan fingerprint density at radius 2 is 1.60 bits per heavy atom. The Hall–Kier alpha value is -4.12. The Balaban J connectivity index is 1.40. The summed E-state index contributed by atoms with van der Waals surface area (Å²) >= 11 is 0. The first-order valence-corrected chi connectivity index (χ1v) is 9.55. The zero-order valence-electron chi connectivity index (χ0n) is 16.3. The number of hydrogen-bond donors (Lipinski definition) is 1. The summed E-state index contributed by atoms with van der Waals surface area (Å²) < 4.78 is 11.2. The van der Waals surface area contributed by atoms with Crippen molar-refractivity contribution in [3.05, 3.63) is 90.5 Å². The molecule has 5 aromatic rings. The van der Waals surface area contributed by atoms with Crippen LogP contribution >= 0.6 is 0 Å². The lowest BCUT2D eigenvalue weighted by Gasteiger charge is -2.11. The van der Waals surface area contributed by atoms with E-state index in [4.69, 9.17) is 9.15 Å². The number of carbonyl (C=O) groups is 1. The zero-order valence-corrected chi connectivity index (χ0v) is 16.3. The van der Waals surface area contributed by atoms with Crippen LogP contribution in [0.5, 0.6) is 5.75 Å². The molecule has 0 radical (unpaired) electrons. The standard InChI is InChI=1S/C25H18N2O3/c1-29-23-15-18-7-3-2-6-17(18)14-20(23)24(28)26-19-12-10-16(11-13-19)25-27-21-8-4-5-9-22(21)30-25/h2-15H,1H3,(H,26,28). The molecule has 0 bridgehead atoms. The number of ether oxygens (including phenoxy) is 1. The van der Waals surface area contributed by atoms with E-state index < -0.39 is 0 Å². The molecule has 0 spiro atoms. The number of nitrogens with one attached hydrogen (secondary N) is 1. The average Bonchev–Trinajstić information content (AvgIpc) is 3.23. The van der Waals surface area contributed by atoms with Crippen molar-refractivity contribution in [1.29, 1.82) is 0 Å². The highest BCUT2D eigenvalue weighted by atomic mass is 16.5. The largest absolute Gasteiger partial charge is 0.496 e. The number of aromatic nitrogens is 1. The molecule has 0 atom stereocenters. The van der Waals surface area contributed by atoms with Crippen molar-refractivity contribution in [3.8, 4) is 17.2 Å². The number of anilines is 1. The molecule has 1 aromatic heterocycles. The number of methoxy groups -OCH3 is 1. The number of hydrogen-bond acceptors (Lipinski definition) is 4. The lowest BCUT2D eigenvalue weighted by Crippen LogP contribution is -2.13. The third-order valence-corrected chi connectivity index (χ3v) is 5.00. The van der Waals surface area contributed by atoms with E-state index in [1.165, 1.54) is 0 Å². The summed E-state index contributed by atoms with van der Waals surface area (Å²) in [6, 6.07) is 26.6. The molecular formula is C25H18N2O3. The average molecular weight is 394 g/mol. The molecule has 4 aromatic carbocycles. The van der Waals surface area contributed by atoms with Crippen LogP contribution in [-0.2, 0) is 0 Å². The minimum absolute atomic E-state index is 0.229. The summed E-state index contributed by atoms with van der Waals surface area (Å²) in [5.74, 6) is 0.854. The van der Waals surface area contributed by atoms with Gasteiger partial charge in [0.25, 0.3) is 5.91 Å². The molecule has 1 heterocycles. The highest BCUT2D eigenvalue weighted by Crippen LogP contribution is 2.28. The molecule has 0 unspecified atom stereocenters. The Kier molecular flexibility index (Phi) is 4.41. The van der Waals surface area contributed by atoms with Gasteiger partial charge in [-0.3, -0.25) is 4.79 Å². The molecular weight excluding hydrogens is 376 g/mol. The van der Waals surface area contributed by atoms with Crippen LogP contribution in [0.25, 0.3) is 33.3 Å². The van der Waals surface area contributed by atoms with Crippen LogP contribution in [0.15, 0.2) is 89.3 Å². The molecule has 0 saturated heterocycles. The number of carbonyl (C=O) groups excluding carboxylic acids is 1. The fourth-order valence-corrected chi connectivity index (χ4v) is 3.46. The van der Waals surface area contributed by atoms with Crippen molar-refractivity contribution >= 4 is 33.5 Å². The zero-order chi connectivity index (χ0) is 20.5. The lowest BCUT2D eigenvalue weighted by molar-refractivity contribution is 0.102. The van der Waals surface area contributed by atoms with Gasteiger partial charge in [0.2, 0.25) is 5.89 Å². The summed E-state index contributed by atoms with van der Waals surface area (Å²) in [4.78, 5) is 17.4. The van der Waals surface area contributed by atoms with Crippen LogP contribution in [0.2, 0.25) is 0 Å². The van der Waals surface area contributed by atoms with Gasteiger partial charge in [-0.1, -0.05) is 36.4 Å². The normalized spacial score (nSPS) is 11.0. The first kappa shape index (κ1) is 17.9. The van der Waals surface area contributed by atoms with Gasteiger partial charge in [0.05, 0.1) is 12.7 Å². The molecule has 5 rings (SSSR count). The summed E-state index contributed by atoms with van der Waals surface area (Å²) in [5.41, 5.74) is 3.56. The summed E-state index contributed by atoms with van der Waals surface area (Å²) in [7, 11) is 1.57. The van der Waals surface area contributed by atoms with Gasteiger partial charge in [-0.15, -0.1) is 0 Å². The highest BCUT2D eigenvalue weighted by molar-refractivity contribution is 6.08. The van der Waals surface area contributed by atoms with E-state index in [-0.39, 0.29) is 5.91 Å². The van der Waals surface area contributed by atoms with Crippen molar-refractivity contribution in [2.75, 3.05) is 12.4 Å². The second-order valence-corrected chi connectivity index (χ2v) is 6.92. The van der Waals surface area contributed by atoms with E-state index in [0.29, 0.717) is 22.9 Å². The third kappa shape index (κ3) is 3.26. The second-order valence-electron chi connectivity index (χ2n) is 6.92. The SMILES string of the molecule is COc1cc2ccccc2cc1C(=O)Nc1ccc(-c2nc3ccccc3o2)cc1. The maximum atomic E-state index is 12.9. The van der Waals surface area contributed by atoms with Gasteiger partial charge in [-0.25, -0.2) is 4.98 Å². The molecule has 146 valence electrons. The monoisotopic (exact) mass is 394 g/mol. The summed E-state index contributed by atoms with van der Waals surface area (Å²) in [5, 5.41) is 4.94. The number of rotatable bonds is 4. The molecule has 0 aliphatic heterocycles. The predicted octanol–water partition coefficient (Wildman–Crippen LogP) is 5.91. The third-order valence-electron chi connectivity index (χ3n) is 5.00. The van der Waals surface area contributed by atoms with E-state index in [0.717, 1.165) is 27.4 Å². The molecule has 0 saturated carbocycles. The van der Waals surface area contributed by atoms with Crippen molar-refractivity contribution in [2.24, 2.45) is 0 Å². The fourth-order valence-electron chi connectivity index (χ4n) is 3.46. The first-order valence-electron chi connectivity index (χ1n) is 9.55. The maximum Gasteiger partial charge on any atom is 0.259 e. The van der Waals surface area contributed by atoms with Gasteiger partial charge < -0.3 is 14.5 Å². The summed E-state index contributed by atoms with van der Waals surface area (Å²) in [6.45, 7) is 0. The van der Waals surface area contributed by atoms with Gasteiger partial charge in [-0.05, 0) is 59.3 Å². The van der Waals surface area contributed by atoms with Crippen LogP contribution in [-0.4, -0.2) is 18.0 Å². The number of para-hydroxylation sites is 2. The molecule has 1 amide bonds. The minimum atomic E-state index is -0.229. The summed E-state index contributed by atoms with van der Waals surface area (Å²) in [6.07, 6.45) is 0. The number of fused-ring (bicyclic) bond motifs is 2. The number of benzene rings is 4. The smallest absolute Gasteiger partial charge is 0.259 e. The number of amides is 1. The van der Waals surface area contributed by atoms with Gasteiger partial charge in [0.15, 0.2) is 5.58 Å². The van der Waals surface area contributed by atoms with Crippen LogP contribution in [0, 0.1) is 0 Å². The van der Waals surface area contributed by atoms with Crippen molar-refractivity contribution in [3.63, 3.8) is 0 Å². The molecule has 5 heteroatoms. The Morgan fingerprint density at radius 3 is 2.33 bits per heavy atom. The van der Waals surface area contributed by atoms with Crippen LogP contribution in [0.4, 0.5) is 5.69 Å². The van der Waals surface area contributed by atoms with E-state index in [2.05, 4.69) is 10.3 Å². The van der Waals surface area contributed by atoms with E-state index >= 15 is 0 Å². The van der Waals surface area contributed by atoms with Gasteiger partial charge in [-0.2, -0.15) is 0 Å². The van der Waals surface area contributed by atoms with Gasteiger partial charge in [0, 0.05) is 11.3 Å². The topological polar surface area (TPSA) is 64.4 Å². The number of nitrogens with zero attached hydrogens (tertiary/aromatic N) is 1. The van der Waals surface area contributed by atoms with Crippen LogP contribution in [0.3, 0.4) is 0 Å². The van der Waals surface area contributed by atoms with E-state index in [1.807, 2.05) is 84.9 Å². The van der Waals surface area contributed by atoms with E-state index in [9.17, 15) is 4.79 Å². The number of oxazole rings is 1. The van der Waals surface area contributed by atoms with Crippen LogP contribution < -0.4 is 10.1 Å². The maximum absolute atomic E-state index is 12.9. The molecule has 0 aliphatic rings. The first-order chi connectivity index (χ1) is 14.7. The lowest BCUT2D eigenvalue weighted by atomic mass is 10.1. The Morgan fingerprint density at radius 1 is 0.900 bits per heavy atom. The molecule has 0 fully saturated rings. The Bertz CT molecular complexity index is 1340. The van der Waals surface area contributed by atoms with Crippen molar-refractivity contribution in [1.82, 2.24) is 4.98 Å². The predicted molar refractivity (Wildman–Crippen MR) is 118 cm³/mol. The van der Waals surface area contributed by atoms with Gasteiger partial charge >= 0.3 is 0 Å². The van der Waals surface area contributed by atoms with Crippen molar-refractivity contribution in [2.45, 2.75) is 0 Å². The molecule has 0 aliphatic carbocycles. The van der Waals surface area contributed by atoms with Gasteiger partial charge in [0.1, 0.15) is 11.3 Å². The van der Waals surface area contributed by atoms with Crippen LogP contribution in [0.1, 0.15) is 10.4 Å². The Labute approximate surface area is 172 Å². The van der Waals surface area contributed by atoms with E-state index in [1.54, 1.807) is 7.11 Å². The highest BCUT2D eigenvalue weighted by Gasteiger charge is 2.14. The molecule has 5 nitrogen and oxygen atoms in total. The fraction of sp³-hybridized carbons (Fsp3) is 0.0400. The molecule has 30 heavy (non-hydrogen) atoms. The minimum Gasteiger partial charge on any atom is -0.496 e. The quantitative estimate of drug-likeness (QED) is 0.412. The second kappa shape index (κ2) is 7.37. The van der Waals surface area contributed by atoms with Crippen molar-refractivity contribution < 1.29 is 13.9 Å². The molecule has 1 N–H and O–H groups in total.